The summed E-state index contributed by atoms with van der Waals surface area (Å²) in [6.07, 6.45) is 2.91. The Morgan fingerprint density at radius 3 is 2.56 bits per heavy atom. The van der Waals surface area contributed by atoms with Gasteiger partial charge >= 0.3 is 0 Å². The lowest BCUT2D eigenvalue weighted by atomic mass is 10.3. The molecule has 0 spiro atoms. The molecule has 0 aliphatic carbocycles. The zero-order chi connectivity index (χ0) is 6.91. The van der Waals surface area contributed by atoms with E-state index in [-0.39, 0.29) is 0 Å². The molecule has 1 saturated heterocycles. The van der Waals surface area contributed by atoms with E-state index >= 15 is 0 Å². The fourth-order valence-electron chi connectivity index (χ4n) is 1.67. The summed E-state index contributed by atoms with van der Waals surface area (Å²) in [6.45, 7) is 8.77. The van der Waals surface area contributed by atoms with Crippen LogP contribution in [-0.4, -0.2) is 8.07 Å². The van der Waals surface area contributed by atoms with Crippen molar-refractivity contribution < 1.29 is 0 Å². The van der Waals surface area contributed by atoms with E-state index in [9.17, 15) is 0 Å². The van der Waals surface area contributed by atoms with E-state index < -0.39 is 8.07 Å². The summed E-state index contributed by atoms with van der Waals surface area (Å²) in [4.78, 5) is 0. The SMILES string of the molecule is C=C[Si]1(C)CCCC1C. The first kappa shape index (κ1) is 7.07. The van der Waals surface area contributed by atoms with E-state index in [2.05, 4.69) is 25.7 Å². The smallest absolute Gasteiger partial charge is 0.0767 e. The second-order valence-electron chi connectivity index (χ2n) is 3.50. The molecule has 0 amide bonds. The van der Waals surface area contributed by atoms with Crippen molar-refractivity contribution in [2.45, 2.75) is 37.9 Å². The minimum atomic E-state index is -0.900. The molecular formula is C8H16Si. The fraction of sp³-hybridized carbons (Fsp3) is 0.750. The van der Waals surface area contributed by atoms with Crippen LogP contribution >= 0.6 is 0 Å². The largest absolute Gasteiger partial charge is 0.107 e. The molecule has 1 heteroatoms. The predicted molar refractivity (Wildman–Crippen MR) is 45.3 cm³/mol. The zero-order valence-electron chi connectivity index (χ0n) is 6.48. The molecule has 0 radical (unpaired) electrons. The first-order valence-electron chi connectivity index (χ1n) is 3.82. The van der Waals surface area contributed by atoms with Crippen LogP contribution in [0.1, 0.15) is 19.8 Å². The third-order valence-corrected chi connectivity index (χ3v) is 7.85. The average Bonchev–Trinajstić information content (AvgIpc) is 2.15. The lowest BCUT2D eigenvalue weighted by Gasteiger charge is -2.21. The lowest BCUT2D eigenvalue weighted by molar-refractivity contribution is 0.817. The second-order valence-corrected chi connectivity index (χ2v) is 8.41. The highest BCUT2D eigenvalue weighted by Crippen LogP contribution is 2.39. The van der Waals surface area contributed by atoms with Crippen molar-refractivity contribution in [3.63, 3.8) is 0 Å². The maximum Gasteiger partial charge on any atom is 0.0767 e. The van der Waals surface area contributed by atoms with Gasteiger partial charge in [0.1, 0.15) is 0 Å². The van der Waals surface area contributed by atoms with Crippen LogP contribution in [0.4, 0.5) is 0 Å². The van der Waals surface area contributed by atoms with Crippen LogP contribution in [-0.2, 0) is 0 Å². The maximum absolute atomic E-state index is 3.93. The third-order valence-electron chi connectivity index (χ3n) is 2.94. The summed E-state index contributed by atoms with van der Waals surface area (Å²) < 4.78 is 0. The number of hydrogen-bond donors (Lipinski definition) is 0. The standard InChI is InChI=1S/C8H16Si/c1-4-9(3)7-5-6-8(9)2/h4,8H,1,5-7H2,2-3H3. The van der Waals surface area contributed by atoms with Gasteiger partial charge in [0.05, 0.1) is 8.07 Å². The van der Waals surface area contributed by atoms with Gasteiger partial charge in [0.2, 0.25) is 0 Å². The van der Waals surface area contributed by atoms with Gasteiger partial charge in [-0.3, -0.25) is 0 Å². The Morgan fingerprint density at radius 1 is 1.67 bits per heavy atom. The molecule has 1 fully saturated rings. The Labute approximate surface area is 59.0 Å². The van der Waals surface area contributed by atoms with Crippen LogP contribution in [0.15, 0.2) is 12.3 Å². The van der Waals surface area contributed by atoms with Gasteiger partial charge in [0, 0.05) is 0 Å². The Balaban J connectivity index is 2.66. The van der Waals surface area contributed by atoms with Gasteiger partial charge in [-0.15, -0.1) is 12.3 Å². The monoisotopic (exact) mass is 140 g/mol. The van der Waals surface area contributed by atoms with Gasteiger partial charge in [0.25, 0.3) is 0 Å². The van der Waals surface area contributed by atoms with Crippen LogP contribution in [0, 0.1) is 0 Å². The van der Waals surface area contributed by atoms with E-state index in [1.807, 2.05) is 0 Å². The molecule has 2 unspecified atom stereocenters. The van der Waals surface area contributed by atoms with Crippen molar-refractivity contribution in [3.05, 3.63) is 12.3 Å². The highest BCUT2D eigenvalue weighted by Gasteiger charge is 2.34. The fourth-order valence-corrected chi connectivity index (χ4v) is 4.60. The van der Waals surface area contributed by atoms with Gasteiger partial charge in [-0.25, -0.2) is 0 Å². The Kier molecular flexibility index (Phi) is 1.80. The van der Waals surface area contributed by atoms with Crippen LogP contribution in [0.25, 0.3) is 0 Å². The highest BCUT2D eigenvalue weighted by atomic mass is 28.3. The maximum atomic E-state index is 3.93. The average molecular weight is 140 g/mol. The van der Waals surface area contributed by atoms with Gasteiger partial charge in [0.15, 0.2) is 0 Å². The van der Waals surface area contributed by atoms with Crippen molar-refractivity contribution in [3.8, 4) is 0 Å². The van der Waals surface area contributed by atoms with Gasteiger partial charge in [-0.05, 0) is 5.54 Å². The summed E-state index contributed by atoms with van der Waals surface area (Å²) in [5.41, 5.74) is 3.26. The number of hydrogen-bond acceptors (Lipinski definition) is 0. The van der Waals surface area contributed by atoms with Crippen molar-refractivity contribution in [1.82, 2.24) is 0 Å². The van der Waals surface area contributed by atoms with E-state index in [0.29, 0.717) is 0 Å². The molecule has 1 heterocycles. The van der Waals surface area contributed by atoms with Crippen molar-refractivity contribution in [2.24, 2.45) is 0 Å². The summed E-state index contributed by atoms with van der Waals surface area (Å²) in [5.74, 6) is 0. The Hall–Kier alpha value is -0.0431. The summed E-state index contributed by atoms with van der Waals surface area (Å²) in [5, 5.41) is 0. The first-order valence-corrected chi connectivity index (χ1v) is 6.69. The minimum absolute atomic E-state index is 0.900. The van der Waals surface area contributed by atoms with E-state index in [1.165, 1.54) is 18.9 Å². The predicted octanol–water partition coefficient (Wildman–Crippen LogP) is 2.97. The van der Waals surface area contributed by atoms with E-state index in [0.717, 1.165) is 5.54 Å². The molecule has 0 aromatic rings. The third kappa shape index (κ3) is 1.11. The molecule has 1 aliphatic heterocycles. The van der Waals surface area contributed by atoms with E-state index in [1.54, 1.807) is 0 Å². The Morgan fingerprint density at radius 2 is 2.33 bits per heavy atom. The molecular weight excluding hydrogens is 124 g/mol. The van der Waals surface area contributed by atoms with Crippen LogP contribution in [0.2, 0.25) is 18.1 Å². The molecule has 0 saturated carbocycles. The molecule has 1 rings (SSSR count). The molecule has 0 nitrogen and oxygen atoms in total. The van der Waals surface area contributed by atoms with Crippen molar-refractivity contribution in [2.75, 3.05) is 0 Å². The molecule has 0 aromatic heterocycles. The summed E-state index contributed by atoms with van der Waals surface area (Å²) in [6, 6.07) is 1.48. The van der Waals surface area contributed by atoms with Crippen molar-refractivity contribution >= 4 is 8.07 Å². The minimum Gasteiger partial charge on any atom is -0.107 e. The lowest BCUT2D eigenvalue weighted by Crippen LogP contribution is -2.26. The quantitative estimate of drug-likeness (QED) is 0.491. The first-order chi connectivity index (χ1) is 4.19. The molecule has 0 N–H and O–H groups in total. The van der Waals surface area contributed by atoms with Crippen LogP contribution < -0.4 is 0 Å². The van der Waals surface area contributed by atoms with Crippen LogP contribution in [0.3, 0.4) is 0 Å². The normalized spacial score (nSPS) is 43.1. The molecule has 1 aliphatic rings. The molecule has 52 valence electrons. The van der Waals surface area contributed by atoms with Gasteiger partial charge in [-0.1, -0.05) is 32.4 Å². The number of rotatable bonds is 1. The zero-order valence-corrected chi connectivity index (χ0v) is 7.48. The summed E-state index contributed by atoms with van der Waals surface area (Å²) in [7, 11) is -0.900. The highest BCUT2D eigenvalue weighted by molar-refractivity contribution is 6.85. The molecule has 9 heavy (non-hydrogen) atoms. The topological polar surface area (TPSA) is 0 Å². The van der Waals surface area contributed by atoms with E-state index in [4.69, 9.17) is 0 Å². The Bertz CT molecular complexity index is 120. The van der Waals surface area contributed by atoms with Gasteiger partial charge < -0.3 is 0 Å². The summed E-state index contributed by atoms with van der Waals surface area (Å²) >= 11 is 0. The van der Waals surface area contributed by atoms with Crippen molar-refractivity contribution in [1.29, 1.82) is 0 Å². The van der Waals surface area contributed by atoms with Gasteiger partial charge in [-0.2, -0.15) is 0 Å². The molecule has 0 aromatic carbocycles. The van der Waals surface area contributed by atoms with Crippen LogP contribution in [0.5, 0.6) is 0 Å². The second kappa shape index (κ2) is 2.29. The molecule has 0 bridgehead atoms. The molecule has 2 atom stereocenters.